The van der Waals surface area contributed by atoms with Crippen LogP contribution in [0.2, 0.25) is 0 Å². The summed E-state index contributed by atoms with van der Waals surface area (Å²) in [7, 11) is 0. The zero-order valence-electron chi connectivity index (χ0n) is 18.0. The van der Waals surface area contributed by atoms with Crippen molar-refractivity contribution >= 4 is 5.91 Å². The number of hydrogen-bond donors (Lipinski definition) is 1. The van der Waals surface area contributed by atoms with Gasteiger partial charge in [0.15, 0.2) is 0 Å². The molecular weight excluding hydrogens is 414 g/mol. The number of aryl methyl sites for hydroxylation is 1. The van der Waals surface area contributed by atoms with Crippen molar-refractivity contribution in [2.75, 3.05) is 0 Å². The lowest BCUT2D eigenvalue weighted by Crippen LogP contribution is -2.23. The molecule has 0 aliphatic carbocycles. The lowest BCUT2D eigenvalue weighted by Gasteiger charge is -2.09. The van der Waals surface area contributed by atoms with Gasteiger partial charge in [-0.25, -0.2) is 9.36 Å². The number of amides is 1. The van der Waals surface area contributed by atoms with Crippen LogP contribution in [-0.2, 0) is 6.54 Å². The Kier molecular flexibility index (Phi) is 5.47. The quantitative estimate of drug-likeness (QED) is 0.439. The van der Waals surface area contributed by atoms with Gasteiger partial charge in [0.05, 0.1) is 17.1 Å². The van der Waals surface area contributed by atoms with Gasteiger partial charge < -0.3 is 5.32 Å². The summed E-state index contributed by atoms with van der Waals surface area (Å²) in [5, 5.41) is 19.1. The standard InChI is InChI=1S/C25H21N7O/c1-18-14-20(12-13-23(18)32-17-27-29-30-32)25(33)26-15-21-16-31(22-10-6-3-7-11-22)28-24(21)19-8-4-2-5-9-19/h2-14,16-17H,15H2,1H3,(H,26,33). The van der Waals surface area contributed by atoms with Gasteiger partial charge >= 0.3 is 0 Å². The second-order valence-electron chi connectivity index (χ2n) is 7.59. The average Bonchev–Trinajstić information content (AvgIpc) is 3.54. The van der Waals surface area contributed by atoms with E-state index in [9.17, 15) is 4.79 Å². The van der Waals surface area contributed by atoms with E-state index in [1.807, 2.05) is 90.6 Å². The molecule has 0 aliphatic heterocycles. The largest absolute Gasteiger partial charge is 0.348 e. The fourth-order valence-corrected chi connectivity index (χ4v) is 3.69. The summed E-state index contributed by atoms with van der Waals surface area (Å²) in [6, 6.07) is 25.3. The molecule has 2 aromatic heterocycles. The molecule has 2 heterocycles. The molecule has 0 bridgehead atoms. The molecule has 0 fully saturated rings. The summed E-state index contributed by atoms with van der Waals surface area (Å²) in [6.45, 7) is 2.27. The topological polar surface area (TPSA) is 90.5 Å². The molecular formula is C25H21N7O. The Morgan fingerprint density at radius 2 is 1.70 bits per heavy atom. The van der Waals surface area contributed by atoms with Crippen molar-refractivity contribution in [2.24, 2.45) is 0 Å². The molecule has 0 spiro atoms. The number of para-hydroxylation sites is 1. The van der Waals surface area contributed by atoms with Crippen molar-refractivity contribution in [2.45, 2.75) is 13.5 Å². The summed E-state index contributed by atoms with van der Waals surface area (Å²) >= 11 is 0. The van der Waals surface area contributed by atoms with Crippen LogP contribution >= 0.6 is 0 Å². The number of benzene rings is 3. The van der Waals surface area contributed by atoms with Crippen LogP contribution in [0.25, 0.3) is 22.6 Å². The van der Waals surface area contributed by atoms with Crippen molar-refractivity contribution in [1.82, 2.24) is 35.3 Å². The molecule has 0 atom stereocenters. The first-order chi connectivity index (χ1) is 16.2. The van der Waals surface area contributed by atoms with Crippen LogP contribution < -0.4 is 5.32 Å². The summed E-state index contributed by atoms with van der Waals surface area (Å²) < 4.78 is 3.41. The molecule has 5 aromatic rings. The van der Waals surface area contributed by atoms with E-state index in [4.69, 9.17) is 5.10 Å². The van der Waals surface area contributed by atoms with Crippen molar-refractivity contribution in [1.29, 1.82) is 0 Å². The molecule has 162 valence electrons. The fourth-order valence-electron chi connectivity index (χ4n) is 3.69. The Morgan fingerprint density at radius 1 is 0.939 bits per heavy atom. The Hall–Kier alpha value is -4.59. The molecule has 5 rings (SSSR count). The van der Waals surface area contributed by atoms with Gasteiger partial charge in [0, 0.05) is 29.4 Å². The van der Waals surface area contributed by atoms with Crippen molar-refractivity contribution in [3.63, 3.8) is 0 Å². The van der Waals surface area contributed by atoms with E-state index < -0.39 is 0 Å². The third kappa shape index (κ3) is 4.27. The van der Waals surface area contributed by atoms with E-state index in [-0.39, 0.29) is 5.91 Å². The molecule has 0 aliphatic rings. The smallest absolute Gasteiger partial charge is 0.251 e. The monoisotopic (exact) mass is 435 g/mol. The number of carbonyl (C=O) groups is 1. The highest BCUT2D eigenvalue weighted by atomic mass is 16.1. The van der Waals surface area contributed by atoms with E-state index in [0.717, 1.165) is 33.8 Å². The molecule has 0 unspecified atom stereocenters. The van der Waals surface area contributed by atoms with E-state index >= 15 is 0 Å². The van der Waals surface area contributed by atoms with Gasteiger partial charge in [-0.3, -0.25) is 4.79 Å². The summed E-state index contributed by atoms with van der Waals surface area (Å²) in [5.74, 6) is -0.159. The molecule has 3 aromatic carbocycles. The highest BCUT2D eigenvalue weighted by molar-refractivity contribution is 5.94. The number of nitrogens with one attached hydrogen (secondary N) is 1. The maximum Gasteiger partial charge on any atom is 0.251 e. The average molecular weight is 435 g/mol. The molecule has 0 radical (unpaired) electrons. The normalized spacial score (nSPS) is 10.8. The summed E-state index contributed by atoms with van der Waals surface area (Å²) in [6.07, 6.45) is 3.49. The molecule has 0 saturated heterocycles. The third-order valence-corrected chi connectivity index (χ3v) is 5.35. The van der Waals surface area contributed by atoms with E-state index in [2.05, 4.69) is 20.8 Å². The van der Waals surface area contributed by atoms with Gasteiger partial charge in [-0.15, -0.1) is 5.10 Å². The molecule has 8 nitrogen and oxygen atoms in total. The Labute approximate surface area is 190 Å². The van der Waals surface area contributed by atoms with E-state index in [1.165, 1.54) is 6.33 Å². The number of hydrogen-bond acceptors (Lipinski definition) is 5. The van der Waals surface area contributed by atoms with Crippen LogP contribution in [0, 0.1) is 6.92 Å². The number of aromatic nitrogens is 6. The molecule has 0 saturated carbocycles. The Morgan fingerprint density at radius 3 is 2.39 bits per heavy atom. The second kappa shape index (κ2) is 8.88. The molecule has 8 heteroatoms. The van der Waals surface area contributed by atoms with Crippen LogP contribution in [0.1, 0.15) is 21.5 Å². The maximum absolute atomic E-state index is 12.9. The van der Waals surface area contributed by atoms with Gasteiger partial charge in [0.25, 0.3) is 5.91 Å². The lowest BCUT2D eigenvalue weighted by molar-refractivity contribution is 0.0951. The predicted octanol–water partition coefficient (Wildman–Crippen LogP) is 3.75. The first-order valence-electron chi connectivity index (χ1n) is 10.5. The van der Waals surface area contributed by atoms with Crippen LogP contribution in [-0.4, -0.2) is 35.9 Å². The minimum absolute atomic E-state index is 0.159. The Balaban J connectivity index is 1.39. The highest BCUT2D eigenvalue weighted by Crippen LogP contribution is 2.24. The van der Waals surface area contributed by atoms with Gasteiger partial charge in [-0.1, -0.05) is 48.5 Å². The minimum atomic E-state index is -0.159. The van der Waals surface area contributed by atoms with Gasteiger partial charge in [0.2, 0.25) is 0 Å². The van der Waals surface area contributed by atoms with Crippen LogP contribution in [0.3, 0.4) is 0 Å². The van der Waals surface area contributed by atoms with Crippen molar-refractivity contribution in [3.05, 3.63) is 108 Å². The number of rotatable bonds is 6. The first kappa shape index (κ1) is 20.3. The van der Waals surface area contributed by atoms with Gasteiger partial charge in [0.1, 0.15) is 6.33 Å². The Bertz CT molecular complexity index is 1380. The minimum Gasteiger partial charge on any atom is -0.348 e. The molecule has 33 heavy (non-hydrogen) atoms. The van der Waals surface area contributed by atoms with E-state index in [0.29, 0.717) is 12.1 Å². The SMILES string of the molecule is Cc1cc(C(=O)NCc2cn(-c3ccccc3)nc2-c2ccccc2)ccc1-n1cnnn1. The van der Waals surface area contributed by atoms with Crippen molar-refractivity contribution < 1.29 is 4.79 Å². The molecule has 1 amide bonds. The zero-order valence-corrected chi connectivity index (χ0v) is 18.0. The fraction of sp³-hybridized carbons (Fsp3) is 0.0800. The van der Waals surface area contributed by atoms with Crippen LogP contribution in [0.5, 0.6) is 0 Å². The maximum atomic E-state index is 12.9. The second-order valence-corrected chi connectivity index (χ2v) is 7.59. The van der Waals surface area contributed by atoms with Gasteiger partial charge in [-0.05, 0) is 53.2 Å². The van der Waals surface area contributed by atoms with Crippen molar-refractivity contribution in [3.8, 4) is 22.6 Å². The number of tetrazole rings is 1. The van der Waals surface area contributed by atoms with E-state index in [1.54, 1.807) is 10.7 Å². The third-order valence-electron chi connectivity index (χ3n) is 5.35. The zero-order chi connectivity index (χ0) is 22.6. The highest BCUT2D eigenvalue weighted by Gasteiger charge is 2.15. The number of nitrogens with zero attached hydrogens (tertiary/aromatic N) is 6. The lowest BCUT2D eigenvalue weighted by atomic mass is 10.1. The molecule has 1 N–H and O–H groups in total. The summed E-state index contributed by atoms with van der Waals surface area (Å²) in [4.78, 5) is 12.9. The first-order valence-corrected chi connectivity index (χ1v) is 10.5. The van der Waals surface area contributed by atoms with Gasteiger partial charge in [-0.2, -0.15) is 5.10 Å². The predicted molar refractivity (Wildman–Crippen MR) is 124 cm³/mol. The summed E-state index contributed by atoms with van der Waals surface area (Å²) in [5.41, 5.74) is 6.02. The number of carbonyl (C=O) groups excluding carboxylic acids is 1. The van der Waals surface area contributed by atoms with Crippen LogP contribution in [0.4, 0.5) is 0 Å². The van der Waals surface area contributed by atoms with Crippen LogP contribution in [0.15, 0.2) is 91.4 Å².